The van der Waals surface area contributed by atoms with E-state index in [1.165, 1.54) is 0 Å². The average Bonchev–Trinajstić information content (AvgIpc) is 3.01. The average molecular weight is 290 g/mol. The van der Waals surface area contributed by atoms with E-state index in [1.807, 2.05) is 13.8 Å². The van der Waals surface area contributed by atoms with Crippen molar-refractivity contribution in [3.05, 3.63) is 34.9 Å². The second-order valence-corrected chi connectivity index (χ2v) is 4.69. The molecule has 0 aliphatic heterocycles. The number of carbonyl (C=O) groups excluding carboxylic acids is 1. The molecule has 2 aromatic heterocycles. The van der Waals surface area contributed by atoms with Crippen molar-refractivity contribution in [2.45, 2.75) is 33.7 Å². The molecule has 112 valence electrons. The highest BCUT2D eigenvalue weighted by Crippen LogP contribution is 2.18. The first kappa shape index (κ1) is 14.8. The Balaban J connectivity index is 2.30. The molecule has 0 saturated heterocycles. The van der Waals surface area contributed by atoms with E-state index in [1.54, 1.807) is 23.7 Å². The first-order chi connectivity index (χ1) is 9.96. The number of amides is 1. The van der Waals surface area contributed by atoms with Gasteiger partial charge >= 0.3 is 5.97 Å². The lowest BCUT2D eigenvalue weighted by Gasteiger charge is -2.06. The molecule has 3 N–H and O–H groups in total. The zero-order valence-corrected chi connectivity index (χ0v) is 12.2. The fraction of sp³-hybridized carbons (Fsp3) is 0.357. The SMILES string of the molecule is CCc1cc(C(=O)Nc2cc(C)[nH]c2C(=O)O)n(CC)n1. The smallest absolute Gasteiger partial charge is 0.354 e. The van der Waals surface area contributed by atoms with Crippen LogP contribution in [0.2, 0.25) is 0 Å². The minimum Gasteiger partial charge on any atom is -0.477 e. The molecular formula is C14H18N4O3. The Bertz CT molecular complexity index is 684. The first-order valence-corrected chi connectivity index (χ1v) is 6.77. The number of aromatic amines is 1. The van der Waals surface area contributed by atoms with E-state index in [2.05, 4.69) is 15.4 Å². The summed E-state index contributed by atoms with van der Waals surface area (Å²) >= 11 is 0. The lowest BCUT2D eigenvalue weighted by Crippen LogP contribution is -2.18. The molecule has 2 aromatic rings. The number of aromatic carboxylic acids is 1. The quantitative estimate of drug-likeness (QED) is 0.784. The summed E-state index contributed by atoms with van der Waals surface area (Å²) in [6.45, 7) is 6.16. The van der Waals surface area contributed by atoms with Gasteiger partial charge in [0.25, 0.3) is 5.91 Å². The third-order valence-electron chi connectivity index (χ3n) is 3.14. The Morgan fingerprint density at radius 1 is 1.38 bits per heavy atom. The maximum atomic E-state index is 12.3. The predicted molar refractivity (Wildman–Crippen MR) is 77.7 cm³/mol. The third kappa shape index (κ3) is 2.96. The van der Waals surface area contributed by atoms with Gasteiger partial charge in [-0.25, -0.2) is 4.79 Å². The van der Waals surface area contributed by atoms with E-state index in [-0.39, 0.29) is 17.3 Å². The summed E-state index contributed by atoms with van der Waals surface area (Å²) in [6.07, 6.45) is 0.733. The number of anilines is 1. The van der Waals surface area contributed by atoms with Crippen molar-refractivity contribution >= 4 is 17.6 Å². The zero-order valence-electron chi connectivity index (χ0n) is 12.2. The molecule has 0 saturated carbocycles. The van der Waals surface area contributed by atoms with E-state index in [9.17, 15) is 9.59 Å². The third-order valence-corrected chi connectivity index (χ3v) is 3.14. The van der Waals surface area contributed by atoms with Crippen LogP contribution in [0, 0.1) is 6.92 Å². The van der Waals surface area contributed by atoms with Crippen LogP contribution in [0.4, 0.5) is 5.69 Å². The van der Waals surface area contributed by atoms with Crippen LogP contribution >= 0.6 is 0 Å². The normalized spacial score (nSPS) is 10.6. The zero-order chi connectivity index (χ0) is 15.6. The van der Waals surface area contributed by atoms with Crippen LogP contribution in [0.3, 0.4) is 0 Å². The highest BCUT2D eigenvalue weighted by molar-refractivity contribution is 6.06. The largest absolute Gasteiger partial charge is 0.477 e. The number of hydrogen-bond acceptors (Lipinski definition) is 3. The number of carbonyl (C=O) groups is 2. The van der Waals surface area contributed by atoms with E-state index in [4.69, 9.17) is 5.11 Å². The Hall–Kier alpha value is -2.57. The molecule has 0 fully saturated rings. The highest BCUT2D eigenvalue weighted by atomic mass is 16.4. The van der Waals surface area contributed by atoms with Crippen molar-refractivity contribution < 1.29 is 14.7 Å². The van der Waals surface area contributed by atoms with Gasteiger partial charge in [-0.1, -0.05) is 6.92 Å². The summed E-state index contributed by atoms with van der Waals surface area (Å²) in [5.41, 5.74) is 2.14. The number of aryl methyl sites for hydroxylation is 3. The fourth-order valence-electron chi connectivity index (χ4n) is 2.11. The molecule has 0 radical (unpaired) electrons. The van der Waals surface area contributed by atoms with Gasteiger partial charge in [0.2, 0.25) is 0 Å². The minimum absolute atomic E-state index is 0.0286. The molecule has 2 heterocycles. The van der Waals surface area contributed by atoms with Crippen molar-refractivity contribution in [1.82, 2.24) is 14.8 Å². The Labute approximate surface area is 122 Å². The number of nitrogens with zero attached hydrogens (tertiary/aromatic N) is 2. The molecule has 0 atom stereocenters. The summed E-state index contributed by atoms with van der Waals surface area (Å²) in [6, 6.07) is 3.31. The second-order valence-electron chi connectivity index (χ2n) is 4.69. The van der Waals surface area contributed by atoms with Crippen LogP contribution in [0.15, 0.2) is 12.1 Å². The highest BCUT2D eigenvalue weighted by Gasteiger charge is 2.19. The van der Waals surface area contributed by atoms with Crippen molar-refractivity contribution in [3.63, 3.8) is 0 Å². The van der Waals surface area contributed by atoms with Crippen LogP contribution < -0.4 is 5.32 Å². The number of aromatic nitrogens is 3. The number of rotatable bonds is 5. The molecule has 0 aromatic carbocycles. The molecule has 7 nitrogen and oxygen atoms in total. The number of carboxylic acids is 1. The molecule has 0 bridgehead atoms. The van der Waals surface area contributed by atoms with Gasteiger partial charge in [-0.3, -0.25) is 9.48 Å². The maximum absolute atomic E-state index is 12.3. The van der Waals surface area contributed by atoms with Crippen molar-refractivity contribution in [3.8, 4) is 0 Å². The standard InChI is InChI=1S/C14H18N4O3/c1-4-9-7-11(18(5-2)17-9)13(19)16-10-6-8(3)15-12(10)14(20)21/h6-7,15H,4-5H2,1-3H3,(H,16,19)(H,20,21). The molecule has 7 heteroatoms. The Morgan fingerprint density at radius 2 is 2.10 bits per heavy atom. The molecule has 0 aliphatic rings. The summed E-state index contributed by atoms with van der Waals surface area (Å²) in [7, 11) is 0. The van der Waals surface area contributed by atoms with Crippen molar-refractivity contribution in [2.24, 2.45) is 0 Å². The Kier molecular flexibility index (Phi) is 4.11. The van der Waals surface area contributed by atoms with Gasteiger partial charge in [-0.15, -0.1) is 0 Å². The monoisotopic (exact) mass is 290 g/mol. The summed E-state index contributed by atoms with van der Waals surface area (Å²) in [4.78, 5) is 26.2. The van der Waals surface area contributed by atoms with E-state index in [0.717, 1.165) is 12.1 Å². The van der Waals surface area contributed by atoms with Crippen LogP contribution in [0.25, 0.3) is 0 Å². The lowest BCUT2D eigenvalue weighted by atomic mass is 10.2. The topological polar surface area (TPSA) is 100 Å². The molecule has 21 heavy (non-hydrogen) atoms. The predicted octanol–water partition coefficient (Wildman–Crippen LogP) is 2.05. The van der Waals surface area contributed by atoms with Crippen LogP contribution in [0.1, 0.15) is 46.2 Å². The molecule has 1 amide bonds. The van der Waals surface area contributed by atoms with Crippen LogP contribution in [-0.4, -0.2) is 31.7 Å². The maximum Gasteiger partial charge on any atom is 0.354 e. The summed E-state index contributed by atoms with van der Waals surface area (Å²) < 4.78 is 1.61. The number of hydrogen-bond donors (Lipinski definition) is 3. The summed E-state index contributed by atoms with van der Waals surface area (Å²) in [5, 5.41) is 16.0. The van der Waals surface area contributed by atoms with Gasteiger partial charge in [0.15, 0.2) is 0 Å². The molecule has 0 aliphatic carbocycles. The number of H-pyrrole nitrogens is 1. The molecular weight excluding hydrogens is 272 g/mol. The van der Waals surface area contributed by atoms with Gasteiger partial charge in [-0.05, 0) is 32.4 Å². The molecule has 0 unspecified atom stereocenters. The van der Waals surface area contributed by atoms with Crippen molar-refractivity contribution in [1.29, 1.82) is 0 Å². The van der Waals surface area contributed by atoms with Gasteiger partial charge in [0.1, 0.15) is 11.4 Å². The molecule has 0 spiro atoms. The number of nitrogens with one attached hydrogen (secondary N) is 2. The minimum atomic E-state index is -1.11. The van der Waals surface area contributed by atoms with E-state index in [0.29, 0.717) is 17.9 Å². The summed E-state index contributed by atoms with van der Waals surface area (Å²) in [5.74, 6) is -1.48. The Morgan fingerprint density at radius 3 is 2.67 bits per heavy atom. The van der Waals surface area contributed by atoms with Gasteiger partial charge < -0.3 is 15.4 Å². The van der Waals surface area contributed by atoms with Gasteiger partial charge in [0.05, 0.1) is 11.4 Å². The lowest BCUT2D eigenvalue weighted by molar-refractivity contribution is 0.0692. The number of carboxylic acid groups (broad SMARTS) is 1. The second kappa shape index (κ2) is 5.82. The van der Waals surface area contributed by atoms with Gasteiger partial charge in [0, 0.05) is 12.2 Å². The van der Waals surface area contributed by atoms with Crippen LogP contribution in [-0.2, 0) is 13.0 Å². The van der Waals surface area contributed by atoms with Crippen LogP contribution in [0.5, 0.6) is 0 Å². The van der Waals surface area contributed by atoms with E-state index >= 15 is 0 Å². The van der Waals surface area contributed by atoms with Crippen molar-refractivity contribution in [2.75, 3.05) is 5.32 Å². The van der Waals surface area contributed by atoms with Gasteiger partial charge in [-0.2, -0.15) is 5.10 Å². The van der Waals surface area contributed by atoms with E-state index < -0.39 is 5.97 Å². The fourth-order valence-corrected chi connectivity index (χ4v) is 2.11. The first-order valence-electron chi connectivity index (χ1n) is 6.77. The molecule has 2 rings (SSSR count).